The first kappa shape index (κ1) is 22.8. The van der Waals surface area contributed by atoms with E-state index in [0.717, 1.165) is 22.6 Å². The number of nitrogens with zero attached hydrogens (tertiary/aromatic N) is 7. The lowest BCUT2D eigenvalue weighted by Crippen LogP contribution is -2.47. The van der Waals surface area contributed by atoms with Crippen molar-refractivity contribution in [2.45, 2.75) is 19.4 Å². The van der Waals surface area contributed by atoms with Crippen molar-refractivity contribution in [1.82, 2.24) is 24.8 Å². The Bertz CT molecular complexity index is 1190. The zero-order chi connectivity index (χ0) is 23.7. The van der Waals surface area contributed by atoms with Crippen LogP contribution in [0.25, 0.3) is 11.5 Å². The van der Waals surface area contributed by atoms with E-state index in [1.165, 1.54) is 6.07 Å². The van der Waals surface area contributed by atoms with Gasteiger partial charge in [-0.3, -0.25) is 9.88 Å². The van der Waals surface area contributed by atoms with E-state index in [0.29, 0.717) is 50.8 Å². The largest absolute Gasteiger partial charge is 0.369 e. The molecule has 1 saturated heterocycles. The fourth-order valence-corrected chi connectivity index (χ4v) is 5.16. The van der Waals surface area contributed by atoms with E-state index in [4.69, 9.17) is 9.54 Å². The van der Waals surface area contributed by atoms with Crippen LogP contribution in [0.2, 0.25) is 0 Å². The Morgan fingerprint density at radius 3 is 2.68 bits per heavy atom. The maximum atomic E-state index is 14.6. The number of anilines is 2. The average molecular weight is 484 g/mol. The number of hydrogen-bond acceptors (Lipinski definition) is 8. The summed E-state index contributed by atoms with van der Waals surface area (Å²) in [6.45, 7) is 5.33. The number of rotatable bonds is 5. The fraction of sp³-hybridized carbons (Fsp3) is 0.391. The van der Waals surface area contributed by atoms with Gasteiger partial charge in [0, 0.05) is 74.9 Å². The van der Waals surface area contributed by atoms with Crippen molar-refractivity contribution < 1.29 is 13.2 Å². The van der Waals surface area contributed by atoms with Crippen LogP contribution in [0.4, 0.5) is 15.9 Å². The van der Waals surface area contributed by atoms with Crippen molar-refractivity contribution in [2.24, 2.45) is 0 Å². The summed E-state index contributed by atoms with van der Waals surface area (Å²) in [6, 6.07) is 8.98. The summed E-state index contributed by atoms with van der Waals surface area (Å²) in [7, 11) is 0. The van der Waals surface area contributed by atoms with Gasteiger partial charge < -0.3 is 14.4 Å². The summed E-state index contributed by atoms with van der Waals surface area (Å²) in [5.41, 5.74) is 3.49. The van der Waals surface area contributed by atoms with Gasteiger partial charge in [-0.05, 0) is 19.1 Å². The van der Waals surface area contributed by atoms with Crippen molar-refractivity contribution in [2.75, 3.05) is 48.4 Å². The third-order valence-electron chi connectivity index (χ3n) is 6.39. The fourth-order valence-electron chi connectivity index (χ4n) is 4.59. The number of piperazine rings is 1. The quantitative estimate of drug-likeness (QED) is 0.433. The SMILES string of the molecule is CC1c2cnc(-c3ccccn3)nc2CCN1c1cc(N2CCN(CS(=O)O)CC2)cc(F)n1. The van der Waals surface area contributed by atoms with Gasteiger partial charge >= 0.3 is 0 Å². The molecule has 2 unspecified atom stereocenters. The Hall–Kier alpha value is -3.02. The maximum Gasteiger partial charge on any atom is 0.216 e. The molecule has 11 heteroatoms. The molecule has 178 valence electrons. The van der Waals surface area contributed by atoms with Gasteiger partial charge in [0.15, 0.2) is 16.9 Å². The molecule has 3 aromatic heterocycles. The van der Waals surface area contributed by atoms with Gasteiger partial charge in [-0.15, -0.1) is 0 Å². The number of fused-ring (bicyclic) bond motifs is 1. The highest BCUT2D eigenvalue weighted by Crippen LogP contribution is 2.34. The topological polar surface area (TPSA) is 98.6 Å². The molecule has 2 atom stereocenters. The van der Waals surface area contributed by atoms with Gasteiger partial charge in [-0.25, -0.2) is 19.2 Å². The zero-order valence-electron chi connectivity index (χ0n) is 18.8. The van der Waals surface area contributed by atoms with Crippen LogP contribution in [0.3, 0.4) is 0 Å². The molecular weight excluding hydrogens is 457 g/mol. The van der Waals surface area contributed by atoms with Crippen LogP contribution in [0.15, 0.2) is 42.7 Å². The predicted octanol–water partition coefficient (Wildman–Crippen LogP) is 2.50. The normalized spacial score (nSPS) is 19.7. The molecule has 2 aliphatic rings. The smallest absolute Gasteiger partial charge is 0.216 e. The van der Waals surface area contributed by atoms with Gasteiger partial charge in [-0.1, -0.05) is 6.07 Å². The van der Waals surface area contributed by atoms with Crippen molar-refractivity contribution in [3.63, 3.8) is 0 Å². The lowest BCUT2D eigenvalue weighted by molar-refractivity contribution is 0.292. The van der Waals surface area contributed by atoms with Crippen molar-refractivity contribution in [3.05, 3.63) is 59.9 Å². The molecule has 0 bridgehead atoms. The molecule has 5 rings (SSSR count). The highest BCUT2D eigenvalue weighted by Gasteiger charge is 2.28. The van der Waals surface area contributed by atoms with E-state index in [1.54, 1.807) is 6.20 Å². The van der Waals surface area contributed by atoms with Crippen molar-refractivity contribution >= 4 is 22.6 Å². The summed E-state index contributed by atoms with van der Waals surface area (Å²) in [6.07, 6.45) is 4.27. The third-order valence-corrected chi connectivity index (χ3v) is 6.98. The van der Waals surface area contributed by atoms with Crippen LogP contribution in [0.5, 0.6) is 0 Å². The summed E-state index contributed by atoms with van der Waals surface area (Å²) in [5.74, 6) is 0.806. The molecule has 0 amide bonds. The van der Waals surface area contributed by atoms with Crippen LogP contribution in [-0.2, 0) is 17.5 Å². The summed E-state index contributed by atoms with van der Waals surface area (Å²) >= 11 is -1.85. The van der Waals surface area contributed by atoms with E-state index >= 15 is 0 Å². The average Bonchev–Trinajstić information content (AvgIpc) is 2.84. The van der Waals surface area contributed by atoms with Crippen LogP contribution < -0.4 is 9.80 Å². The van der Waals surface area contributed by atoms with Gasteiger partial charge in [0.1, 0.15) is 17.4 Å². The molecule has 0 saturated carbocycles. The molecule has 9 nitrogen and oxygen atoms in total. The second kappa shape index (κ2) is 9.69. The van der Waals surface area contributed by atoms with Gasteiger partial charge in [0.2, 0.25) is 5.95 Å². The highest BCUT2D eigenvalue weighted by atomic mass is 32.2. The molecule has 5 heterocycles. The van der Waals surface area contributed by atoms with Crippen LogP contribution in [0, 0.1) is 5.95 Å². The minimum atomic E-state index is -1.85. The summed E-state index contributed by atoms with van der Waals surface area (Å²) in [5, 5.41) is 0. The first-order valence-electron chi connectivity index (χ1n) is 11.2. The molecule has 34 heavy (non-hydrogen) atoms. The van der Waals surface area contributed by atoms with E-state index in [-0.39, 0.29) is 11.9 Å². The zero-order valence-corrected chi connectivity index (χ0v) is 19.7. The minimum Gasteiger partial charge on any atom is -0.369 e. The summed E-state index contributed by atoms with van der Waals surface area (Å²) < 4.78 is 34.8. The third kappa shape index (κ3) is 4.77. The standard InChI is InChI=1S/C23H26FN7O2S/c1-16-18-14-26-23(20-4-2-3-6-25-20)27-19(18)5-7-31(16)22-13-17(12-21(24)28-22)30-10-8-29(9-11-30)15-34(32)33/h2-4,6,12-14,16H,5,7-11,15H2,1H3,(H,32,33). The first-order valence-corrected chi connectivity index (χ1v) is 12.5. The Labute approximate surface area is 200 Å². The van der Waals surface area contributed by atoms with Crippen molar-refractivity contribution in [3.8, 4) is 11.5 Å². The van der Waals surface area contributed by atoms with E-state index in [2.05, 4.69) is 31.7 Å². The van der Waals surface area contributed by atoms with Crippen molar-refractivity contribution in [1.29, 1.82) is 0 Å². The molecule has 0 aromatic carbocycles. The molecule has 3 aromatic rings. The molecule has 1 N–H and O–H groups in total. The van der Waals surface area contributed by atoms with E-state index in [9.17, 15) is 8.60 Å². The lowest BCUT2D eigenvalue weighted by Gasteiger charge is -2.37. The number of hydrogen-bond donors (Lipinski definition) is 1. The molecule has 0 aliphatic carbocycles. The van der Waals surface area contributed by atoms with Crippen LogP contribution in [-0.4, -0.2) is 72.2 Å². The van der Waals surface area contributed by atoms with Gasteiger partial charge in [-0.2, -0.15) is 4.39 Å². The van der Waals surface area contributed by atoms with Crippen LogP contribution >= 0.6 is 0 Å². The highest BCUT2D eigenvalue weighted by molar-refractivity contribution is 7.79. The molecule has 1 fully saturated rings. The lowest BCUT2D eigenvalue weighted by atomic mass is 9.99. The summed E-state index contributed by atoms with van der Waals surface area (Å²) in [4.78, 5) is 23.9. The number of pyridine rings is 2. The maximum absolute atomic E-state index is 14.6. The Kier molecular flexibility index (Phi) is 6.48. The Morgan fingerprint density at radius 1 is 1.12 bits per heavy atom. The molecule has 2 aliphatic heterocycles. The van der Waals surface area contributed by atoms with Crippen LogP contribution in [0.1, 0.15) is 24.2 Å². The molecule has 0 spiro atoms. The monoisotopic (exact) mass is 483 g/mol. The number of halogens is 1. The van der Waals surface area contributed by atoms with Gasteiger partial charge in [0.05, 0.1) is 11.7 Å². The second-order valence-corrected chi connectivity index (χ2v) is 9.39. The minimum absolute atomic E-state index is 0.0555. The van der Waals surface area contributed by atoms with E-state index < -0.39 is 17.0 Å². The van der Waals surface area contributed by atoms with Gasteiger partial charge in [0.25, 0.3) is 0 Å². The first-order chi connectivity index (χ1) is 16.5. The second-order valence-electron chi connectivity index (χ2n) is 8.49. The molecule has 0 radical (unpaired) electrons. The Morgan fingerprint density at radius 2 is 1.94 bits per heavy atom. The van der Waals surface area contributed by atoms with E-state index in [1.807, 2.05) is 35.4 Å². The Balaban J connectivity index is 1.35. The predicted molar refractivity (Wildman–Crippen MR) is 128 cm³/mol. The number of aromatic nitrogens is 4. The molecular formula is C23H26FN7O2S.